The van der Waals surface area contributed by atoms with Gasteiger partial charge in [-0.05, 0) is 43.5 Å². The fourth-order valence-electron chi connectivity index (χ4n) is 2.77. The van der Waals surface area contributed by atoms with Crippen molar-refractivity contribution in [3.8, 4) is 0 Å². The van der Waals surface area contributed by atoms with Crippen molar-refractivity contribution in [1.29, 1.82) is 0 Å². The first-order valence-electron chi connectivity index (χ1n) is 8.02. The van der Waals surface area contributed by atoms with Gasteiger partial charge in [-0.2, -0.15) is 0 Å². The third-order valence-electron chi connectivity index (χ3n) is 4.10. The first-order chi connectivity index (χ1) is 11.6. The van der Waals surface area contributed by atoms with Gasteiger partial charge in [-0.15, -0.1) is 11.3 Å². The summed E-state index contributed by atoms with van der Waals surface area (Å²) in [7, 11) is 0. The molecule has 0 saturated carbocycles. The molecule has 2 N–H and O–H groups in total. The fraction of sp³-hybridized carbons (Fsp3) is 0.412. The molecule has 1 fully saturated rings. The number of piperidine rings is 1. The Hall–Kier alpha value is -1.14. The zero-order chi connectivity index (χ0) is 16.9. The number of aromatic nitrogens is 1. The molecule has 0 spiro atoms. The number of carbonyl (C=O) groups is 1. The van der Waals surface area contributed by atoms with Crippen molar-refractivity contribution in [3.63, 3.8) is 0 Å². The van der Waals surface area contributed by atoms with E-state index in [4.69, 9.17) is 23.2 Å². The molecule has 7 heteroatoms. The van der Waals surface area contributed by atoms with Gasteiger partial charge < -0.3 is 10.6 Å². The minimum Gasteiger partial charge on any atom is -0.350 e. The van der Waals surface area contributed by atoms with Crippen molar-refractivity contribution in [3.05, 3.63) is 49.9 Å². The van der Waals surface area contributed by atoms with Crippen molar-refractivity contribution in [2.75, 3.05) is 19.6 Å². The second kappa shape index (κ2) is 8.30. The Balaban J connectivity index is 1.52. The maximum atomic E-state index is 12.2. The van der Waals surface area contributed by atoms with Crippen LogP contribution in [0.25, 0.3) is 0 Å². The van der Waals surface area contributed by atoms with Crippen molar-refractivity contribution >= 4 is 40.4 Å². The molecule has 2 aromatic rings. The number of thiazole rings is 1. The molecule has 128 valence electrons. The SMILES string of the molecule is O=C(NCCc1ccc(Cl)cc1Cl)c1csc(C2CCCNC2)n1. The Bertz CT molecular complexity index is 714. The Kier molecular flexibility index (Phi) is 6.11. The zero-order valence-corrected chi connectivity index (χ0v) is 15.5. The van der Waals surface area contributed by atoms with Crippen LogP contribution in [0.5, 0.6) is 0 Å². The summed E-state index contributed by atoms with van der Waals surface area (Å²) < 4.78 is 0. The summed E-state index contributed by atoms with van der Waals surface area (Å²) in [5.41, 5.74) is 1.47. The topological polar surface area (TPSA) is 54.0 Å². The van der Waals surface area contributed by atoms with Crippen molar-refractivity contribution < 1.29 is 4.79 Å². The lowest BCUT2D eigenvalue weighted by atomic mass is 10.0. The summed E-state index contributed by atoms with van der Waals surface area (Å²) in [5, 5.41) is 10.4. The van der Waals surface area contributed by atoms with Crippen LogP contribution in [0.2, 0.25) is 10.0 Å². The molecule has 1 amide bonds. The van der Waals surface area contributed by atoms with Gasteiger partial charge in [-0.3, -0.25) is 4.79 Å². The molecule has 1 saturated heterocycles. The summed E-state index contributed by atoms with van der Waals surface area (Å²) in [5.74, 6) is 0.296. The lowest BCUT2D eigenvalue weighted by Gasteiger charge is -2.20. The zero-order valence-electron chi connectivity index (χ0n) is 13.1. The highest BCUT2D eigenvalue weighted by Gasteiger charge is 2.20. The number of rotatable bonds is 5. The molecule has 0 radical (unpaired) electrons. The van der Waals surface area contributed by atoms with Crippen LogP contribution in [0.4, 0.5) is 0 Å². The molecule has 4 nitrogen and oxygen atoms in total. The predicted octanol–water partition coefficient (Wildman–Crippen LogP) is 3.89. The minimum absolute atomic E-state index is 0.133. The minimum atomic E-state index is -0.133. The summed E-state index contributed by atoms with van der Waals surface area (Å²) in [4.78, 5) is 16.7. The van der Waals surface area contributed by atoms with Crippen LogP contribution in [-0.4, -0.2) is 30.5 Å². The van der Waals surface area contributed by atoms with Crippen molar-refractivity contribution in [2.24, 2.45) is 0 Å². The molecule has 0 bridgehead atoms. The van der Waals surface area contributed by atoms with Gasteiger partial charge in [0.15, 0.2) is 0 Å². The smallest absolute Gasteiger partial charge is 0.270 e. The Labute approximate surface area is 155 Å². The molecule has 0 aliphatic carbocycles. The van der Waals surface area contributed by atoms with E-state index in [0.29, 0.717) is 34.6 Å². The van der Waals surface area contributed by atoms with Gasteiger partial charge in [-0.25, -0.2) is 4.98 Å². The standard InChI is InChI=1S/C17H19Cl2N3OS/c18-13-4-3-11(14(19)8-13)5-7-21-16(23)15-10-24-17(22-15)12-2-1-6-20-9-12/h3-4,8,10,12,20H,1-2,5-7,9H2,(H,21,23). The van der Waals surface area contributed by atoms with Crippen molar-refractivity contribution in [2.45, 2.75) is 25.2 Å². The van der Waals surface area contributed by atoms with Crippen LogP contribution in [0.1, 0.15) is 39.8 Å². The number of nitrogens with one attached hydrogen (secondary N) is 2. The molecule has 1 aromatic carbocycles. The first kappa shape index (κ1) is 17.7. The van der Waals surface area contributed by atoms with E-state index < -0.39 is 0 Å². The molecule has 3 rings (SSSR count). The van der Waals surface area contributed by atoms with Crippen LogP contribution in [0.3, 0.4) is 0 Å². The Morgan fingerprint density at radius 3 is 3.04 bits per heavy atom. The number of nitrogens with zero attached hydrogens (tertiary/aromatic N) is 1. The molecule has 24 heavy (non-hydrogen) atoms. The maximum Gasteiger partial charge on any atom is 0.270 e. The van der Waals surface area contributed by atoms with Gasteiger partial charge in [0.2, 0.25) is 0 Å². The quantitative estimate of drug-likeness (QED) is 0.823. The van der Waals surface area contributed by atoms with Gasteiger partial charge in [0.1, 0.15) is 5.69 Å². The van der Waals surface area contributed by atoms with E-state index in [1.807, 2.05) is 11.4 Å². The third kappa shape index (κ3) is 4.48. The Morgan fingerprint density at radius 2 is 2.29 bits per heavy atom. The second-order valence-electron chi connectivity index (χ2n) is 5.86. The summed E-state index contributed by atoms with van der Waals surface area (Å²) in [6, 6.07) is 5.40. The highest BCUT2D eigenvalue weighted by molar-refractivity contribution is 7.09. The molecule has 1 aromatic heterocycles. The summed E-state index contributed by atoms with van der Waals surface area (Å²) >= 11 is 13.6. The lowest BCUT2D eigenvalue weighted by molar-refractivity contribution is 0.0949. The normalized spacial score (nSPS) is 17.7. The third-order valence-corrected chi connectivity index (χ3v) is 5.69. The second-order valence-corrected chi connectivity index (χ2v) is 7.59. The van der Waals surface area contributed by atoms with Crippen LogP contribution < -0.4 is 10.6 Å². The molecular weight excluding hydrogens is 365 g/mol. The predicted molar refractivity (Wildman–Crippen MR) is 99.5 cm³/mol. The van der Waals surface area contributed by atoms with E-state index in [0.717, 1.165) is 36.5 Å². The van der Waals surface area contributed by atoms with Gasteiger partial charge in [0, 0.05) is 34.4 Å². The van der Waals surface area contributed by atoms with Crippen LogP contribution >= 0.6 is 34.5 Å². The number of halogens is 2. The molecule has 1 aliphatic rings. The lowest BCUT2D eigenvalue weighted by Crippen LogP contribution is -2.29. The van der Waals surface area contributed by atoms with Crippen molar-refractivity contribution in [1.82, 2.24) is 15.6 Å². The van der Waals surface area contributed by atoms with Crippen LogP contribution in [-0.2, 0) is 6.42 Å². The highest BCUT2D eigenvalue weighted by Crippen LogP contribution is 2.26. The molecule has 1 aliphatic heterocycles. The highest BCUT2D eigenvalue weighted by atomic mass is 35.5. The fourth-order valence-corrected chi connectivity index (χ4v) is 4.21. The van der Waals surface area contributed by atoms with Gasteiger partial charge >= 0.3 is 0 Å². The van der Waals surface area contributed by atoms with E-state index in [1.165, 1.54) is 0 Å². The number of benzene rings is 1. The molecule has 1 atom stereocenters. The molecular formula is C17H19Cl2N3OS. The van der Waals surface area contributed by atoms with E-state index in [1.54, 1.807) is 23.5 Å². The summed E-state index contributed by atoms with van der Waals surface area (Å²) in [6.07, 6.45) is 2.95. The average Bonchev–Trinajstić information content (AvgIpc) is 3.08. The van der Waals surface area contributed by atoms with Gasteiger partial charge in [0.05, 0.1) is 5.01 Å². The molecule has 1 unspecified atom stereocenters. The summed E-state index contributed by atoms with van der Waals surface area (Å²) in [6.45, 7) is 2.53. The number of hydrogen-bond donors (Lipinski definition) is 2. The van der Waals surface area contributed by atoms with E-state index in [2.05, 4.69) is 15.6 Å². The largest absolute Gasteiger partial charge is 0.350 e. The van der Waals surface area contributed by atoms with Gasteiger partial charge in [0.25, 0.3) is 5.91 Å². The Morgan fingerprint density at radius 1 is 1.42 bits per heavy atom. The van der Waals surface area contributed by atoms with Crippen LogP contribution in [0.15, 0.2) is 23.6 Å². The monoisotopic (exact) mass is 383 g/mol. The molecule has 2 heterocycles. The maximum absolute atomic E-state index is 12.2. The van der Waals surface area contributed by atoms with Crippen LogP contribution in [0, 0.1) is 0 Å². The van der Waals surface area contributed by atoms with E-state index in [-0.39, 0.29) is 5.91 Å². The van der Waals surface area contributed by atoms with E-state index in [9.17, 15) is 4.79 Å². The first-order valence-corrected chi connectivity index (χ1v) is 9.65. The average molecular weight is 384 g/mol. The van der Waals surface area contributed by atoms with E-state index >= 15 is 0 Å². The number of carbonyl (C=O) groups excluding carboxylic acids is 1. The van der Waals surface area contributed by atoms with Gasteiger partial charge in [-0.1, -0.05) is 29.3 Å². The number of hydrogen-bond acceptors (Lipinski definition) is 4. The number of amides is 1.